The molecule has 0 radical (unpaired) electrons. The number of esters is 1. The normalized spacial score (nSPS) is 13.0. The second-order valence-corrected chi connectivity index (χ2v) is 6.28. The summed E-state index contributed by atoms with van der Waals surface area (Å²) in [6.07, 6.45) is 0. The minimum absolute atomic E-state index is 0.0201. The van der Waals surface area contributed by atoms with Crippen molar-refractivity contribution in [2.24, 2.45) is 11.7 Å². The van der Waals surface area contributed by atoms with Crippen LogP contribution in [0.5, 0.6) is 0 Å². The van der Waals surface area contributed by atoms with Gasteiger partial charge in [0, 0.05) is 6.54 Å². The maximum absolute atomic E-state index is 12.0. The summed E-state index contributed by atoms with van der Waals surface area (Å²) in [6, 6.07) is 6.77. The van der Waals surface area contributed by atoms with Crippen LogP contribution >= 0.6 is 0 Å². The third kappa shape index (κ3) is 6.54. The van der Waals surface area contributed by atoms with Gasteiger partial charge in [-0.2, -0.15) is 0 Å². The Morgan fingerprint density at radius 3 is 2.24 bits per heavy atom. The molecular formula is C18H27N3O4. The minimum Gasteiger partial charge on any atom is -0.468 e. The Balaban J connectivity index is 2.59. The van der Waals surface area contributed by atoms with E-state index in [1.807, 2.05) is 45.0 Å². The highest BCUT2D eigenvalue weighted by Crippen LogP contribution is 2.17. The van der Waals surface area contributed by atoms with E-state index in [1.165, 1.54) is 7.11 Å². The standard InChI is InChI=1S/C18H27N3O4/c1-11(2)16(19)17(23)21-10-15(22)20-9-14(18(24)25-4)13-7-5-12(3)6-8-13/h5-8,11,14,16H,9-10,19H2,1-4H3,(H,20,22)(H,21,23)/t14?,16-/m0/s1. The molecule has 138 valence electrons. The summed E-state index contributed by atoms with van der Waals surface area (Å²) in [6.45, 7) is 5.49. The van der Waals surface area contributed by atoms with Crippen LogP contribution in [0.1, 0.15) is 30.9 Å². The van der Waals surface area contributed by atoms with E-state index in [0.717, 1.165) is 11.1 Å². The summed E-state index contributed by atoms with van der Waals surface area (Å²) in [5.41, 5.74) is 7.53. The van der Waals surface area contributed by atoms with Crippen LogP contribution in [0, 0.1) is 12.8 Å². The van der Waals surface area contributed by atoms with Gasteiger partial charge in [-0.05, 0) is 18.4 Å². The molecule has 0 aliphatic carbocycles. The van der Waals surface area contributed by atoms with Crippen molar-refractivity contribution in [2.75, 3.05) is 20.2 Å². The third-order valence-electron chi connectivity index (χ3n) is 3.91. The lowest BCUT2D eigenvalue weighted by Gasteiger charge is -2.17. The van der Waals surface area contributed by atoms with Gasteiger partial charge >= 0.3 is 5.97 Å². The van der Waals surface area contributed by atoms with Gasteiger partial charge in [0.15, 0.2) is 0 Å². The highest BCUT2D eigenvalue weighted by atomic mass is 16.5. The second-order valence-electron chi connectivity index (χ2n) is 6.28. The maximum Gasteiger partial charge on any atom is 0.314 e. The van der Waals surface area contributed by atoms with Gasteiger partial charge in [0.1, 0.15) is 0 Å². The number of amides is 2. The molecule has 0 aromatic heterocycles. The molecule has 2 atom stereocenters. The fraction of sp³-hybridized carbons (Fsp3) is 0.500. The molecule has 0 spiro atoms. The van der Waals surface area contributed by atoms with Crippen LogP contribution in [0.3, 0.4) is 0 Å². The highest BCUT2D eigenvalue weighted by Gasteiger charge is 2.23. The molecule has 1 aromatic carbocycles. The average molecular weight is 349 g/mol. The maximum atomic E-state index is 12.0. The van der Waals surface area contributed by atoms with Crippen LogP contribution in [0.15, 0.2) is 24.3 Å². The lowest BCUT2D eigenvalue weighted by molar-refractivity contribution is -0.142. The Morgan fingerprint density at radius 2 is 1.72 bits per heavy atom. The molecule has 1 aromatic rings. The van der Waals surface area contributed by atoms with E-state index < -0.39 is 23.8 Å². The molecule has 2 amide bonds. The molecule has 0 aliphatic heterocycles. The van der Waals surface area contributed by atoms with Crippen molar-refractivity contribution in [3.8, 4) is 0 Å². The first-order valence-corrected chi connectivity index (χ1v) is 8.20. The quantitative estimate of drug-likeness (QED) is 0.591. The molecule has 4 N–H and O–H groups in total. The average Bonchev–Trinajstić information content (AvgIpc) is 2.60. The van der Waals surface area contributed by atoms with Crippen molar-refractivity contribution in [1.82, 2.24) is 10.6 Å². The first kappa shape index (κ1) is 20.6. The largest absolute Gasteiger partial charge is 0.468 e. The van der Waals surface area contributed by atoms with Crippen molar-refractivity contribution in [1.29, 1.82) is 0 Å². The number of benzene rings is 1. The molecule has 0 saturated heterocycles. The van der Waals surface area contributed by atoms with Gasteiger partial charge in [-0.15, -0.1) is 0 Å². The SMILES string of the molecule is COC(=O)C(CNC(=O)CNC(=O)[C@@H](N)C(C)C)c1ccc(C)cc1. The first-order chi connectivity index (χ1) is 11.8. The van der Waals surface area contributed by atoms with E-state index in [2.05, 4.69) is 10.6 Å². The zero-order valence-corrected chi connectivity index (χ0v) is 15.2. The number of rotatable bonds is 8. The number of nitrogens with one attached hydrogen (secondary N) is 2. The summed E-state index contributed by atoms with van der Waals surface area (Å²) in [7, 11) is 1.30. The minimum atomic E-state index is -0.664. The number of aryl methyl sites for hydroxylation is 1. The molecule has 0 heterocycles. The molecule has 0 fully saturated rings. The van der Waals surface area contributed by atoms with Gasteiger partial charge in [-0.25, -0.2) is 0 Å². The number of carbonyl (C=O) groups excluding carboxylic acids is 3. The predicted molar refractivity (Wildman–Crippen MR) is 94.8 cm³/mol. The molecule has 0 bridgehead atoms. The number of methoxy groups -OCH3 is 1. The van der Waals surface area contributed by atoms with Gasteiger partial charge in [0.2, 0.25) is 11.8 Å². The zero-order valence-electron chi connectivity index (χ0n) is 15.2. The molecule has 0 saturated carbocycles. The molecule has 7 heteroatoms. The third-order valence-corrected chi connectivity index (χ3v) is 3.91. The smallest absolute Gasteiger partial charge is 0.314 e. The Labute approximate surface area is 148 Å². The van der Waals surface area contributed by atoms with E-state index in [-0.39, 0.29) is 24.9 Å². The molecule has 0 aliphatic rings. The second kappa shape index (κ2) is 9.78. The Morgan fingerprint density at radius 1 is 1.12 bits per heavy atom. The van der Waals surface area contributed by atoms with Gasteiger partial charge in [0.25, 0.3) is 0 Å². The van der Waals surface area contributed by atoms with E-state index in [1.54, 1.807) is 0 Å². The molecule has 1 unspecified atom stereocenters. The Bertz CT molecular complexity index is 599. The summed E-state index contributed by atoms with van der Waals surface area (Å²) >= 11 is 0. The van der Waals surface area contributed by atoms with E-state index >= 15 is 0 Å². The van der Waals surface area contributed by atoms with Crippen molar-refractivity contribution in [3.05, 3.63) is 35.4 Å². The van der Waals surface area contributed by atoms with Gasteiger partial charge in [-0.1, -0.05) is 43.7 Å². The number of nitrogens with two attached hydrogens (primary N) is 1. The van der Waals surface area contributed by atoms with Gasteiger partial charge in [0.05, 0.1) is 25.6 Å². The van der Waals surface area contributed by atoms with Crippen molar-refractivity contribution in [3.63, 3.8) is 0 Å². The van der Waals surface area contributed by atoms with Gasteiger partial charge < -0.3 is 21.1 Å². The van der Waals surface area contributed by atoms with Crippen LogP contribution in [-0.2, 0) is 19.1 Å². The molecule has 7 nitrogen and oxygen atoms in total. The van der Waals surface area contributed by atoms with Crippen molar-refractivity contribution < 1.29 is 19.1 Å². The number of hydrogen-bond donors (Lipinski definition) is 3. The first-order valence-electron chi connectivity index (χ1n) is 8.20. The van der Waals surface area contributed by atoms with E-state index in [0.29, 0.717) is 0 Å². The number of carbonyl (C=O) groups is 3. The number of hydrogen-bond acceptors (Lipinski definition) is 5. The monoisotopic (exact) mass is 349 g/mol. The van der Waals surface area contributed by atoms with E-state index in [4.69, 9.17) is 10.5 Å². The number of ether oxygens (including phenoxy) is 1. The van der Waals surface area contributed by atoms with Crippen LogP contribution in [0.4, 0.5) is 0 Å². The summed E-state index contributed by atoms with van der Waals surface area (Å²) in [5.74, 6) is -1.84. The topological polar surface area (TPSA) is 111 Å². The summed E-state index contributed by atoms with van der Waals surface area (Å²) < 4.78 is 4.81. The van der Waals surface area contributed by atoms with Crippen molar-refractivity contribution >= 4 is 17.8 Å². The van der Waals surface area contributed by atoms with Crippen LogP contribution in [-0.4, -0.2) is 44.0 Å². The molecular weight excluding hydrogens is 322 g/mol. The highest BCUT2D eigenvalue weighted by molar-refractivity contribution is 5.88. The van der Waals surface area contributed by atoms with Crippen molar-refractivity contribution in [2.45, 2.75) is 32.7 Å². The van der Waals surface area contributed by atoms with E-state index in [9.17, 15) is 14.4 Å². The summed E-state index contributed by atoms with van der Waals surface area (Å²) in [4.78, 5) is 35.6. The molecule has 25 heavy (non-hydrogen) atoms. The fourth-order valence-corrected chi connectivity index (χ4v) is 2.14. The van der Waals surface area contributed by atoms with Crippen LogP contribution in [0.25, 0.3) is 0 Å². The zero-order chi connectivity index (χ0) is 19.0. The Kier molecular flexibility index (Phi) is 8.07. The molecule has 1 rings (SSSR count). The fourth-order valence-electron chi connectivity index (χ4n) is 2.14. The van der Waals surface area contributed by atoms with Gasteiger partial charge in [-0.3, -0.25) is 14.4 Å². The predicted octanol–water partition coefficient (Wildman–Crippen LogP) is 0.467. The Hall–Kier alpha value is -2.41. The van der Waals surface area contributed by atoms with Crippen LogP contribution < -0.4 is 16.4 Å². The lowest BCUT2D eigenvalue weighted by Crippen LogP contribution is -2.47. The van der Waals surface area contributed by atoms with Crippen LogP contribution in [0.2, 0.25) is 0 Å². The lowest BCUT2D eigenvalue weighted by atomic mass is 9.98. The summed E-state index contributed by atoms with van der Waals surface area (Å²) in [5, 5.41) is 5.12.